The van der Waals surface area contributed by atoms with Gasteiger partial charge in [-0.05, 0) is 79.9 Å². The van der Waals surface area contributed by atoms with Crippen molar-refractivity contribution in [3.8, 4) is 56.0 Å². The zero-order valence-electron chi connectivity index (χ0n) is 29.0. The maximum Gasteiger partial charge on any atom is 0.160 e. The Labute approximate surface area is 309 Å². The fraction of sp³-hybridized carbons (Fsp3) is 0.0196. The van der Waals surface area contributed by atoms with Gasteiger partial charge in [0.25, 0.3) is 0 Å². The fourth-order valence-electron chi connectivity index (χ4n) is 8.38. The SMILES string of the molecule is c1ccc(-c2nc(-c3cccc(-c4cccc(-c5cccc(C6(c7ccccc7)c7ccccc7-c7ccccc76)c5)c4)c3)nc3ccccc23)cc1. The molecule has 0 N–H and O–H groups in total. The van der Waals surface area contributed by atoms with Gasteiger partial charge < -0.3 is 0 Å². The number of rotatable bonds is 6. The van der Waals surface area contributed by atoms with E-state index in [1.807, 2.05) is 18.2 Å². The average Bonchev–Trinajstić information content (AvgIpc) is 3.55. The summed E-state index contributed by atoms with van der Waals surface area (Å²) in [5, 5.41) is 1.05. The lowest BCUT2D eigenvalue weighted by molar-refractivity contribution is 0.769. The van der Waals surface area contributed by atoms with Gasteiger partial charge in [0.05, 0.1) is 16.6 Å². The Morgan fingerprint density at radius 3 is 1.47 bits per heavy atom. The van der Waals surface area contributed by atoms with E-state index in [0.717, 1.165) is 44.7 Å². The summed E-state index contributed by atoms with van der Waals surface area (Å²) in [5.41, 5.74) is 15.9. The van der Waals surface area contributed by atoms with Gasteiger partial charge in [0.1, 0.15) is 0 Å². The Bertz CT molecular complexity index is 2740. The lowest BCUT2D eigenvalue weighted by Gasteiger charge is -2.34. The number of hydrogen-bond acceptors (Lipinski definition) is 2. The lowest BCUT2D eigenvalue weighted by atomic mass is 9.67. The second-order valence-corrected chi connectivity index (χ2v) is 13.7. The van der Waals surface area contributed by atoms with Crippen LogP contribution in [0.15, 0.2) is 206 Å². The van der Waals surface area contributed by atoms with Crippen LogP contribution < -0.4 is 0 Å². The number of hydrogen-bond donors (Lipinski definition) is 0. The molecule has 0 aliphatic heterocycles. The summed E-state index contributed by atoms with van der Waals surface area (Å²) in [5.74, 6) is 0.719. The molecule has 0 radical (unpaired) electrons. The standard InChI is InChI=1S/C51H34N2/c1-3-16-35(17-4-1)49-45-28-9-12-31-48(45)52-50(53-49)40-22-14-20-38(33-40)36-18-13-19-37(32-36)39-21-15-25-42(34-39)51(41-23-5-2-6-24-41)46-29-10-7-26-43(46)44-27-8-11-30-47(44)51/h1-34H. The highest BCUT2D eigenvalue weighted by atomic mass is 14.9. The highest BCUT2D eigenvalue weighted by molar-refractivity contribution is 5.94. The Balaban J connectivity index is 1.08. The van der Waals surface area contributed by atoms with Crippen molar-refractivity contribution in [1.82, 2.24) is 9.97 Å². The topological polar surface area (TPSA) is 25.8 Å². The van der Waals surface area contributed by atoms with Gasteiger partial charge in [-0.1, -0.05) is 182 Å². The normalized spacial score (nSPS) is 12.7. The van der Waals surface area contributed by atoms with Crippen molar-refractivity contribution >= 4 is 10.9 Å². The molecule has 1 heterocycles. The average molecular weight is 675 g/mol. The van der Waals surface area contributed by atoms with Crippen LogP contribution in [0.5, 0.6) is 0 Å². The fourth-order valence-corrected chi connectivity index (χ4v) is 8.38. The maximum absolute atomic E-state index is 5.14. The largest absolute Gasteiger partial charge is 0.228 e. The third-order valence-corrected chi connectivity index (χ3v) is 10.8. The van der Waals surface area contributed by atoms with Gasteiger partial charge in [0, 0.05) is 16.5 Å². The van der Waals surface area contributed by atoms with Gasteiger partial charge in [-0.15, -0.1) is 0 Å². The van der Waals surface area contributed by atoms with E-state index in [0.29, 0.717) is 0 Å². The molecule has 0 saturated carbocycles. The Morgan fingerprint density at radius 2 is 0.792 bits per heavy atom. The summed E-state index contributed by atoms with van der Waals surface area (Å²) in [6, 6.07) is 74.1. The van der Waals surface area contributed by atoms with Crippen LogP contribution in [0.1, 0.15) is 22.3 Å². The van der Waals surface area contributed by atoms with E-state index in [1.165, 1.54) is 44.5 Å². The summed E-state index contributed by atoms with van der Waals surface area (Å²) < 4.78 is 0. The molecule has 248 valence electrons. The molecule has 53 heavy (non-hydrogen) atoms. The quantitative estimate of drug-likeness (QED) is 0.175. The smallest absolute Gasteiger partial charge is 0.160 e. The lowest BCUT2D eigenvalue weighted by Crippen LogP contribution is -2.28. The van der Waals surface area contributed by atoms with E-state index >= 15 is 0 Å². The van der Waals surface area contributed by atoms with Crippen molar-refractivity contribution in [2.75, 3.05) is 0 Å². The number of nitrogens with zero attached hydrogens (tertiary/aromatic N) is 2. The molecule has 2 heteroatoms. The van der Waals surface area contributed by atoms with Crippen LogP contribution >= 0.6 is 0 Å². The summed E-state index contributed by atoms with van der Waals surface area (Å²) in [6.07, 6.45) is 0. The van der Waals surface area contributed by atoms with Gasteiger partial charge >= 0.3 is 0 Å². The van der Waals surface area contributed by atoms with E-state index in [4.69, 9.17) is 9.97 Å². The summed E-state index contributed by atoms with van der Waals surface area (Å²) in [4.78, 5) is 10.2. The van der Waals surface area contributed by atoms with E-state index in [2.05, 4.69) is 188 Å². The van der Waals surface area contributed by atoms with Crippen LogP contribution in [0, 0.1) is 0 Å². The molecule has 0 amide bonds. The predicted molar refractivity (Wildman–Crippen MR) is 219 cm³/mol. The van der Waals surface area contributed by atoms with Crippen LogP contribution in [0.25, 0.3) is 66.9 Å². The third-order valence-electron chi connectivity index (χ3n) is 10.8. The monoisotopic (exact) mass is 674 g/mol. The molecule has 0 spiro atoms. The van der Waals surface area contributed by atoms with Crippen LogP contribution in [-0.4, -0.2) is 9.97 Å². The van der Waals surface area contributed by atoms with E-state index < -0.39 is 5.41 Å². The van der Waals surface area contributed by atoms with Crippen LogP contribution in [-0.2, 0) is 5.41 Å². The molecule has 0 fully saturated rings. The molecule has 0 unspecified atom stereocenters. The van der Waals surface area contributed by atoms with Crippen molar-refractivity contribution in [1.29, 1.82) is 0 Å². The number of para-hydroxylation sites is 1. The summed E-state index contributed by atoms with van der Waals surface area (Å²) >= 11 is 0. The maximum atomic E-state index is 5.14. The van der Waals surface area contributed by atoms with Crippen molar-refractivity contribution in [3.05, 3.63) is 229 Å². The summed E-state index contributed by atoms with van der Waals surface area (Å²) in [7, 11) is 0. The number of fused-ring (bicyclic) bond motifs is 4. The number of benzene rings is 8. The van der Waals surface area contributed by atoms with Gasteiger partial charge in [0.15, 0.2) is 5.82 Å². The summed E-state index contributed by atoms with van der Waals surface area (Å²) in [6.45, 7) is 0. The van der Waals surface area contributed by atoms with Crippen molar-refractivity contribution in [3.63, 3.8) is 0 Å². The molecular formula is C51H34N2. The predicted octanol–water partition coefficient (Wildman–Crippen LogP) is 12.7. The first kappa shape index (κ1) is 30.9. The van der Waals surface area contributed by atoms with Gasteiger partial charge in [-0.25, -0.2) is 9.97 Å². The van der Waals surface area contributed by atoms with Crippen molar-refractivity contribution < 1.29 is 0 Å². The van der Waals surface area contributed by atoms with Crippen LogP contribution in [0.3, 0.4) is 0 Å². The van der Waals surface area contributed by atoms with Gasteiger partial charge in [-0.2, -0.15) is 0 Å². The molecule has 9 aromatic rings. The van der Waals surface area contributed by atoms with Crippen LogP contribution in [0.4, 0.5) is 0 Å². The molecule has 1 aliphatic carbocycles. The van der Waals surface area contributed by atoms with E-state index in [9.17, 15) is 0 Å². The Kier molecular flexibility index (Phi) is 7.40. The second kappa shape index (κ2) is 12.7. The molecular weight excluding hydrogens is 641 g/mol. The minimum atomic E-state index is -0.436. The van der Waals surface area contributed by atoms with Crippen molar-refractivity contribution in [2.24, 2.45) is 0 Å². The molecule has 8 aromatic carbocycles. The van der Waals surface area contributed by atoms with Gasteiger partial charge in [-0.3, -0.25) is 0 Å². The number of aromatic nitrogens is 2. The first-order chi connectivity index (χ1) is 26.3. The zero-order valence-corrected chi connectivity index (χ0v) is 29.0. The second-order valence-electron chi connectivity index (χ2n) is 13.7. The zero-order chi connectivity index (χ0) is 35.2. The van der Waals surface area contributed by atoms with Gasteiger partial charge in [0.2, 0.25) is 0 Å². The first-order valence-corrected chi connectivity index (χ1v) is 18.2. The minimum Gasteiger partial charge on any atom is -0.228 e. The van der Waals surface area contributed by atoms with Crippen LogP contribution in [0.2, 0.25) is 0 Å². The molecule has 0 saturated heterocycles. The van der Waals surface area contributed by atoms with Crippen molar-refractivity contribution in [2.45, 2.75) is 5.41 Å². The Hall–Kier alpha value is -6.90. The molecule has 0 atom stereocenters. The van der Waals surface area contributed by atoms with E-state index in [-0.39, 0.29) is 0 Å². The molecule has 10 rings (SSSR count). The Morgan fingerprint density at radius 1 is 0.321 bits per heavy atom. The highest BCUT2D eigenvalue weighted by Gasteiger charge is 2.45. The molecule has 0 bridgehead atoms. The van der Waals surface area contributed by atoms with E-state index in [1.54, 1.807) is 0 Å². The molecule has 2 nitrogen and oxygen atoms in total. The molecule has 1 aromatic heterocycles. The first-order valence-electron chi connectivity index (χ1n) is 18.2. The third kappa shape index (κ3) is 5.11. The minimum absolute atomic E-state index is 0.436. The molecule has 1 aliphatic rings. The highest BCUT2D eigenvalue weighted by Crippen LogP contribution is 2.56.